The Morgan fingerprint density at radius 3 is 2.86 bits per heavy atom. The van der Waals surface area contributed by atoms with Gasteiger partial charge in [-0.2, -0.15) is 9.97 Å². The van der Waals surface area contributed by atoms with Crippen molar-refractivity contribution in [1.82, 2.24) is 9.97 Å². The number of aryl methyl sites for hydroxylation is 1. The number of aromatic nitrogens is 2. The Morgan fingerprint density at radius 2 is 2.21 bits per heavy atom. The zero-order valence-electron chi connectivity index (χ0n) is 7.84. The molecule has 0 saturated carbocycles. The van der Waals surface area contributed by atoms with Crippen LogP contribution in [0.3, 0.4) is 0 Å². The predicted octanol–water partition coefficient (Wildman–Crippen LogP) is 1.44. The van der Waals surface area contributed by atoms with Gasteiger partial charge in [-0.15, -0.1) is 0 Å². The Kier molecular flexibility index (Phi) is 3.51. The van der Waals surface area contributed by atoms with Gasteiger partial charge in [-0.3, -0.25) is 0 Å². The van der Waals surface area contributed by atoms with Crippen LogP contribution in [0.15, 0.2) is 11.2 Å². The lowest BCUT2D eigenvalue weighted by Gasteiger charge is -2.04. The maximum atomic E-state index is 8.02. The number of nitrogens with zero attached hydrogens (tertiary/aromatic N) is 5. The third-order valence-electron chi connectivity index (χ3n) is 1.33. The summed E-state index contributed by atoms with van der Waals surface area (Å²) in [4.78, 5) is 10.5. The number of methoxy groups -OCH3 is 1. The smallest absolute Gasteiger partial charge is 0.220 e. The summed E-state index contributed by atoms with van der Waals surface area (Å²) in [5.74, 6) is 1.26. The molecule has 1 aromatic heterocycles. The molecule has 0 aromatic carbocycles. The predicted molar refractivity (Wildman–Crippen MR) is 48.0 cm³/mol. The van der Waals surface area contributed by atoms with Gasteiger partial charge in [0.1, 0.15) is 5.82 Å². The van der Waals surface area contributed by atoms with Gasteiger partial charge >= 0.3 is 0 Å². The fraction of sp³-hybridized carbons (Fsp3) is 0.429. The first-order valence-electron chi connectivity index (χ1n) is 3.79. The van der Waals surface area contributed by atoms with Crippen molar-refractivity contribution in [3.8, 4) is 11.8 Å². The average molecular weight is 195 g/mol. The van der Waals surface area contributed by atoms with Crippen molar-refractivity contribution < 1.29 is 9.47 Å². The molecule has 0 aliphatic heterocycles. The second-order valence-electron chi connectivity index (χ2n) is 2.30. The number of hydrogen-bond donors (Lipinski definition) is 0. The second kappa shape index (κ2) is 4.88. The molecule has 0 aliphatic carbocycles. The Labute approximate surface area is 80.3 Å². The Morgan fingerprint density at radius 1 is 1.50 bits per heavy atom. The van der Waals surface area contributed by atoms with Crippen LogP contribution >= 0.6 is 0 Å². The van der Waals surface area contributed by atoms with Crippen molar-refractivity contribution in [3.63, 3.8) is 0 Å². The molecule has 0 bridgehead atoms. The first kappa shape index (κ1) is 10.1. The summed E-state index contributed by atoms with van der Waals surface area (Å²) in [6.07, 6.45) is 0. The molecular formula is C7H9N5O2. The van der Waals surface area contributed by atoms with Crippen LogP contribution in [-0.4, -0.2) is 23.8 Å². The first-order chi connectivity index (χ1) is 6.76. The van der Waals surface area contributed by atoms with E-state index in [4.69, 9.17) is 15.0 Å². The normalized spacial score (nSPS) is 9.00. The highest BCUT2D eigenvalue weighted by molar-refractivity contribution is 5.20. The van der Waals surface area contributed by atoms with Crippen molar-refractivity contribution in [2.24, 2.45) is 5.11 Å². The van der Waals surface area contributed by atoms with Gasteiger partial charge in [-0.1, -0.05) is 5.11 Å². The SMILES string of the molecule is COc1cc(OCN=[N+]=[N-])nc(C)n1. The van der Waals surface area contributed by atoms with Crippen LogP contribution in [0.5, 0.6) is 11.8 Å². The van der Waals surface area contributed by atoms with Crippen molar-refractivity contribution >= 4 is 0 Å². The minimum atomic E-state index is -0.101. The minimum Gasteiger partial charge on any atom is -0.481 e. The molecule has 0 N–H and O–H groups in total. The van der Waals surface area contributed by atoms with Gasteiger partial charge in [0.05, 0.1) is 13.2 Å². The molecule has 0 fully saturated rings. The van der Waals surface area contributed by atoms with Gasteiger partial charge in [0.2, 0.25) is 11.8 Å². The van der Waals surface area contributed by atoms with Gasteiger partial charge in [0, 0.05) is 4.91 Å². The van der Waals surface area contributed by atoms with E-state index in [0.717, 1.165) is 0 Å². The summed E-state index contributed by atoms with van der Waals surface area (Å²) in [6, 6.07) is 1.51. The molecule has 0 spiro atoms. The zero-order valence-corrected chi connectivity index (χ0v) is 7.84. The van der Waals surface area contributed by atoms with E-state index < -0.39 is 0 Å². The number of azide groups is 1. The van der Waals surface area contributed by atoms with Crippen molar-refractivity contribution in [1.29, 1.82) is 0 Å². The summed E-state index contributed by atoms with van der Waals surface area (Å²) in [5, 5.41) is 3.21. The van der Waals surface area contributed by atoms with E-state index in [1.807, 2.05) is 0 Å². The van der Waals surface area contributed by atoms with Crippen molar-refractivity contribution in [2.75, 3.05) is 13.8 Å². The molecule has 1 aromatic rings. The van der Waals surface area contributed by atoms with E-state index in [2.05, 4.69) is 20.0 Å². The van der Waals surface area contributed by atoms with Crippen molar-refractivity contribution in [2.45, 2.75) is 6.92 Å². The largest absolute Gasteiger partial charge is 0.481 e. The van der Waals surface area contributed by atoms with Gasteiger partial charge in [0.25, 0.3) is 0 Å². The van der Waals surface area contributed by atoms with E-state index in [1.54, 1.807) is 6.92 Å². The fourth-order valence-electron chi connectivity index (χ4n) is 0.813. The third kappa shape index (κ3) is 2.80. The molecule has 14 heavy (non-hydrogen) atoms. The summed E-state index contributed by atoms with van der Waals surface area (Å²) < 4.78 is 9.93. The fourth-order valence-corrected chi connectivity index (χ4v) is 0.813. The van der Waals surface area contributed by atoms with E-state index in [1.165, 1.54) is 13.2 Å². The summed E-state index contributed by atoms with van der Waals surface area (Å²) in [5.41, 5.74) is 8.02. The van der Waals surface area contributed by atoms with Crippen LogP contribution in [0.1, 0.15) is 5.82 Å². The topological polar surface area (TPSA) is 93.0 Å². The zero-order chi connectivity index (χ0) is 10.4. The van der Waals surface area contributed by atoms with Crippen LogP contribution in [0.4, 0.5) is 0 Å². The van der Waals surface area contributed by atoms with Gasteiger partial charge in [0.15, 0.2) is 6.73 Å². The second-order valence-corrected chi connectivity index (χ2v) is 2.30. The monoisotopic (exact) mass is 195 g/mol. The van der Waals surface area contributed by atoms with Crippen LogP contribution in [-0.2, 0) is 0 Å². The molecule has 74 valence electrons. The average Bonchev–Trinajstić information content (AvgIpc) is 2.17. The lowest BCUT2D eigenvalue weighted by molar-refractivity contribution is 0.309. The van der Waals surface area contributed by atoms with Gasteiger partial charge in [-0.05, 0) is 12.5 Å². The Bertz CT molecular complexity index is 361. The Hall–Kier alpha value is -2.01. The Balaban J connectivity index is 2.75. The lowest BCUT2D eigenvalue weighted by Crippen LogP contribution is -1.99. The number of ether oxygens (including phenoxy) is 2. The highest BCUT2D eigenvalue weighted by atomic mass is 16.5. The number of rotatable bonds is 4. The maximum Gasteiger partial charge on any atom is 0.220 e. The molecule has 1 rings (SSSR count). The molecule has 0 aliphatic rings. The van der Waals surface area contributed by atoms with E-state index in [-0.39, 0.29) is 6.73 Å². The highest BCUT2D eigenvalue weighted by Gasteiger charge is 2.01. The van der Waals surface area contributed by atoms with E-state index >= 15 is 0 Å². The molecule has 7 nitrogen and oxygen atoms in total. The molecule has 0 radical (unpaired) electrons. The highest BCUT2D eigenvalue weighted by Crippen LogP contribution is 2.14. The lowest BCUT2D eigenvalue weighted by atomic mass is 10.5. The quantitative estimate of drug-likeness (QED) is 0.412. The molecule has 0 atom stereocenters. The standard InChI is InChI=1S/C7H9N5O2/c1-5-10-6(13-2)3-7(11-5)14-4-9-12-8/h3H,4H2,1-2H3. The van der Waals surface area contributed by atoms with Crippen LogP contribution in [0, 0.1) is 6.92 Å². The molecule has 7 heteroatoms. The first-order valence-corrected chi connectivity index (χ1v) is 3.79. The van der Waals surface area contributed by atoms with Crippen LogP contribution < -0.4 is 9.47 Å². The molecule has 1 heterocycles. The van der Waals surface area contributed by atoms with Crippen LogP contribution in [0.25, 0.3) is 10.4 Å². The van der Waals surface area contributed by atoms with Gasteiger partial charge < -0.3 is 9.47 Å². The molecule has 0 amide bonds. The summed E-state index contributed by atoms with van der Waals surface area (Å²) in [6.45, 7) is 1.61. The summed E-state index contributed by atoms with van der Waals surface area (Å²) in [7, 11) is 1.50. The molecular weight excluding hydrogens is 186 g/mol. The van der Waals surface area contributed by atoms with Crippen LogP contribution in [0.2, 0.25) is 0 Å². The molecule has 0 unspecified atom stereocenters. The number of hydrogen-bond acceptors (Lipinski definition) is 5. The summed E-state index contributed by atoms with van der Waals surface area (Å²) >= 11 is 0. The maximum absolute atomic E-state index is 8.02. The van der Waals surface area contributed by atoms with E-state index in [0.29, 0.717) is 17.6 Å². The minimum absolute atomic E-state index is 0.101. The molecule has 0 saturated heterocycles. The van der Waals surface area contributed by atoms with Crippen molar-refractivity contribution in [3.05, 3.63) is 22.3 Å². The third-order valence-corrected chi connectivity index (χ3v) is 1.33. The van der Waals surface area contributed by atoms with E-state index in [9.17, 15) is 0 Å². The van der Waals surface area contributed by atoms with Gasteiger partial charge in [-0.25, -0.2) is 0 Å².